The Morgan fingerprint density at radius 3 is 2.39 bits per heavy atom. The summed E-state index contributed by atoms with van der Waals surface area (Å²) in [4.78, 5) is 0. The van der Waals surface area contributed by atoms with Gasteiger partial charge in [-0.15, -0.1) is 0 Å². The Hall–Kier alpha value is -1.54. The molecule has 0 saturated carbocycles. The highest BCUT2D eigenvalue weighted by Crippen LogP contribution is 2.22. The topological polar surface area (TPSA) is 12.0 Å². The highest BCUT2D eigenvalue weighted by molar-refractivity contribution is 6.30. The van der Waals surface area contributed by atoms with E-state index in [1.807, 2.05) is 44.2 Å². The number of hydrogen-bond donors (Lipinski definition) is 1. The third-order valence-electron chi connectivity index (χ3n) is 2.80. The summed E-state index contributed by atoms with van der Waals surface area (Å²) in [6.07, 6.45) is 0. The van der Waals surface area contributed by atoms with Crippen molar-refractivity contribution in [1.29, 1.82) is 0 Å². The molecule has 2 rings (SSSR count). The molecule has 0 radical (unpaired) electrons. The van der Waals surface area contributed by atoms with Crippen molar-refractivity contribution in [2.75, 3.05) is 5.32 Å². The SMILES string of the molecule is Cc1cc(F)cc(NC(C)c2ccc(Cl)cc2)c1. The van der Waals surface area contributed by atoms with Crippen LogP contribution < -0.4 is 5.32 Å². The molecule has 1 N–H and O–H groups in total. The van der Waals surface area contributed by atoms with E-state index in [0.717, 1.165) is 16.8 Å². The lowest BCUT2D eigenvalue weighted by molar-refractivity contribution is 0.626. The van der Waals surface area contributed by atoms with E-state index in [-0.39, 0.29) is 11.9 Å². The van der Waals surface area contributed by atoms with Crippen LogP contribution in [0.25, 0.3) is 0 Å². The molecule has 0 spiro atoms. The number of hydrogen-bond acceptors (Lipinski definition) is 1. The predicted molar refractivity (Wildman–Crippen MR) is 74.6 cm³/mol. The molecule has 1 unspecified atom stereocenters. The van der Waals surface area contributed by atoms with Gasteiger partial charge in [0.25, 0.3) is 0 Å². The van der Waals surface area contributed by atoms with E-state index in [9.17, 15) is 4.39 Å². The van der Waals surface area contributed by atoms with Gasteiger partial charge in [-0.25, -0.2) is 4.39 Å². The summed E-state index contributed by atoms with van der Waals surface area (Å²) in [6, 6.07) is 12.7. The van der Waals surface area contributed by atoms with Crippen LogP contribution in [0.4, 0.5) is 10.1 Å². The van der Waals surface area contributed by atoms with Gasteiger partial charge in [0, 0.05) is 16.8 Å². The normalized spacial score (nSPS) is 12.2. The van der Waals surface area contributed by atoms with E-state index >= 15 is 0 Å². The van der Waals surface area contributed by atoms with Gasteiger partial charge < -0.3 is 5.32 Å². The Balaban J connectivity index is 2.15. The first-order chi connectivity index (χ1) is 8.54. The molecule has 0 saturated heterocycles. The van der Waals surface area contributed by atoms with Crippen LogP contribution in [0, 0.1) is 12.7 Å². The van der Waals surface area contributed by atoms with Crippen LogP contribution in [0.3, 0.4) is 0 Å². The van der Waals surface area contributed by atoms with Crippen molar-refractivity contribution in [3.63, 3.8) is 0 Å². The lowest BCUT2D eigenvalue weighted by Gasteiger charge is -2.16. The van der Waals surface area contributed by atoms with Gasteiger partial charge in [0.15, 0.2) is 0 Å². The first kappa shape index (κ1) is 12.9. The second-order valence-corrected chi connectivity index (χ2v) is 4.87. The van der Waals surface area contributed by atoms with Crippen LogP contribution >= 0.6 is 11.6 Å². The molecule has 0 aromatic heterocycles. The molecule has 0 bridgehead atoms. The Morgan fingerprint density at radius 2 is 1.78 bits per heavy atom. The Labute approximate surface area is 112 Å². The van der Waals surface area contributed by atoms with Gasteiger partial charge in [-0.2, -0.15) is 0 Å². The number of benzene rings is 2. The second-order valence-electron chi connectivity index (χ2n) is 4.43. The van der Waals surface area contributed by atoms with Crippen molar-refractivity contribution >= 4 is 17.3 Å². The maximum atomic E-state index is 13.3. The minimum absolute atomic E-state index is 0.100. The van der Waals surface area contributed by atoms with E-state index in [4.69, 9.17) is 11.6 Å². The maximum absolute atomic E-state index is 13.3. The molecule has 0 aliphatic carbocycles. The zero-order valence-electron chi connectivity index (χ0n) is 10.4. The number of aryl methyl sites for hydroxylation is 1. The number of halogens is 2. The lowest BCUT2D eigenvalue weighted by Crippen LogP contribution is -2.06. The zero-order valence-corrected chi connectivity index (χ0v) is 11.1. The highest BCUT2D eigenvalue weighted by Gasteiger charge is 2.06. The van der Waals surface area contributed by atoms with E-state index in [2.05, 4.69) is 5.32 Å². The fourth-order valence-corrected chi connectivity index (χ4v) is 2.03. The largest absolute Gasteiger partial charge is 0.378 e. The van der Waals surface area contributed by atoms with Crippen LogP contribution in [0.15, 0.2) is 42.5 Å². The molecule has 0 heterocycles. The van der Waals surface area contributed by atoms with Crippen molar-refractivity contribution in [1.82, 2.24) is 0 Å². The average molecular weight is 264 g/mol. The number of nitrogens with one attached hydrogen (secondary N) is 1. The molecule has 0 aliphatic heterocycles. The van der Waals surface area contributed by atoms with Gasteiger partial charge >= 0.3 is 0 Å². The highest BCUT2D eigenvalue weighted by atomic mass is 35.5. The molecule has 18 heavy (non-hydrogen) atoms. The molecule has 0 fully saturated rings. The number of anilines is 1. The Bertz CT molecular complexity index is 516. The van der Waals surface area contributed by atoms with Crippen LogP contribution in [-0.2, 0) is 0 Å². The lowest BCUT2D eigenvalue weighted by atomic mass is 10.1. The zero-order chi connectivity index (χ0) is 13.1. The first-order valence-corrected chi connectivity index (χ1v) is 6.21. The molecule has 94 valence electrons. The summed E-state index contributed by atoms with van der Waals surface area (Å²) >= 11 is 5.85. The molecule has 2 aromatic rings. The van der Waals surface area contributed by atoms with Crippen molar-refractivity contribution in [2.24, 2.45) is 0 Å². The van der Waals surface area contributed by atoms with E-state index in [1.165, 1.54) is 12.1 Å². The van der Waals surface area contributed by atoms with E-state index in [0.29, 0.717) is 5.02 Å². The molecule has 0 aliphatic rings. The fourth-order valence-electron chi connectivity index (χ4n) is 1.90. The Morgan fingerprint density at radius 1 is 1.11 bits per heavy atom. The minimum atomic E-state index is -0.221. The van der Waals surface area contributed by atoms with E-state index < -0.39 is 0 Å². The molecule has 1 nitrogen and oxygen atoms in total. The smallest absolute Gasteiger partial charge is 0.125 e. The predicted octanol–water partition coefficient (Wildman–Crippen LogP) is 4.96. The molecule has 2 aromatic carbocycles. The molecule has 1 atom stereocenters. The van der Waals surface area contributed by atoms with Crippen molar-refractivity contribution < 1.29 is 4.39 Å². The van der Waals surface area contributed by atoms with Gasteiger partial charge in [-0.05, 0) is 55.3 Å². The summed E-state index contributed by atoms with van der Waals surface area (Å²) in [5.41, 5.74) is 2.80. The van der Waals surface area contributed by atoms with Crippen LogP contribution in [0.5, 0.6) is 0 Å². The molecular formula is C15H15ClFN. The fraction of sp³-hybridized carbons (Fsp3) is 0.200. The number of rotatable bonds is 3. The molecular weight excluding hydrogens is 249 g/mol. The third kappa shape index (κ3) is 3.23. The van der Waals surface area contributed by atoms with Gasteiger partial charge in [-0.1, -0.05) is 23.7 Å². The molecule has 3 heteroatoms. The summed E-state index contributed by atoms with van der Waals surface area (Å²) in [5.74, 6) is -0.221. The molecule has 0 amide bonds. The standard InChI is InChI=1S/C15H15ClFN/c1-10-7-14(17)9-15(8-10)18-11(2)12-3-5-13(16)6-4-12/h3-9,11,18H,1-2H3. The second kappa shape index (κ2) is 5.40. The van der Waals surface area contributed by atoms with Crippen LogP contribution in [0.1, 0.15) is 24.1 Å². The first-order valence-electron chi connectivity index (χ1n) is 5.84. The van der Waals surface area contributed by atoms with Gasteiger partial charge in [-0.3, -0.25) is 0 Å². The van der Waals surface area contributed by atoms with Gasteiger partial charge in [0.2, 0.25) is 0 Å². The average Bonchev–Trinajstić information content (AvgIpc) is 2.28. The van der Waals surface area contributed by atoms with Crippen molar-refractivity contribution in [3.05, 3.63) is 64.4 Å². The minimum Gasteiger partial charge on any atom is -0.378 e. The summed E-state index contributed by atoms with van der Waals surface area (Å²) < 4.78 is 13.3. The van der Waals surface area contributed by atoms with Crippen LogP contribution in [-0.4, -0.2) is 0 Å². The summed E-state index contributed by atoms with van der Waals surface area (Å²) in [7, 11) is 0. The van der Waals surface area contributed by atoms with Gasteiger partial charge in [0.1, 0.15) is 5.82 Å². The monoisotopic (exact) mass is 263 g/mol. The summed E-state index contributed by atoms with van der Waals surface area (Å²) in [6.45, 7) is 3.91. The van der Waals surface area contributed by atoms with Crippen LogP contribution in [0.2, 0.25) is 5.02 Å². The third-order valence-corrected chi connectivity index (χ3v) is 3.05. The summed E-state index contributed by atoms with van der Waals surface area (Å²) in [5, 5.41) is 3.99. The quantitative estimate of drug-likeness (QED) is 0.825. The van der Waals surface area contributed by atoms with Crippen molar-refractivity contribution in [2.45, 2.75) is 19.9 Å². The van der Waals surface area contributed by atoms with Gasteiger partial charge in [0.05, 0.1) is 0 Å². The van der Waals surface area contributed by atoms with E-state index in [1.54, 1.807) is 0 Å². The Kier molecular flexibility index (Phi) is 3.87. The maximum Gasteiger partial charge on any atom is 0.125 e. The van der Waals surface area contributed by atoms with Crippen molar-refractivity contribution in [3.8, 4) is 0 Å².